The summed E-state index contributed by atoms with van der Waals surface area (Å²) in [5.41, 5.74) is 1.80. The van der Waals surface area contributed by atoms with Crippen LogP contribution >= 0.6 is 34.8 Å². The van der Waals surface area contributed by atoms with Crippen molar-refractivity contribution in [3.05, 3.63) is 62.6 Å². The fourth-order valence-electron chi connectivity index (χ4n) is 3.71. The highest BCUT2D eigenvalue weighted by molar-refractivity contribution is 6.35. The number of piperidine rings is 1. The molecule has 0 amide bonds. The average molecular weight is 443 g/mol. The first-order valence-electron chi connectivity index (χ1n) is 9.24. The Kier molecular flexibility index (Phi) is 7.10. The topological polar surface area (TPSA) is 49.8 Å². The Morgan fingerprint density at radius 2 is 1.75 bits per heavy atom. The Labute approximate surface area is 180 Å². The number of ether oxygens (including phenoxy) is 1. The Bertz CT molecular complexity index is 851. The maximum Gasteiger partial charge on any atom is 0.306 e. The normalized spacial score (nSPS) is 16.7. The van der Waals surface area contributed by atoms with Crippen LogP contribution in [0.25, 0.3) is 0 Å². The molecule has 2 aromatic carbocycles. The molecule has 1 saturated heterocycles. The zero-order chi connectivity index (χ0) is 20.3. The number of hydrogen-bond acceptors (Lipinski definition) is 3. The standard InChI is InChI=1S/C21H22Cl3NO3/c1-2-28-19-6-4-14(22)11-17(19)20(16-5-3-15(23)12-18(16)24)25-9-7-13(8-10-25)21(26)27/h3-6,11-13,20H,2,7-10H2,1H3,(H,26,27). The molecule has 0 aliphatic carbocycles. The van der Waals surface area contributed by atoms with Gasteiger partial charge < -0.3 is 9.84 Å². The molecule has 1 N–H and O–H groups in total. The van der Waals surface area contributed by atoms with Crippen molar-refractivity contribution in [3.63, 3.8) is 0 Å². The van der Waals surface area contributed by atoms with Crippen molar-refractivity contribution in [2.75, 3.05) is 19.7 Å². The van der Waals surface area contributed by atoms with Gasteiger partial charge in [-0.25, -0.2) is 0 Å². The zero-order valence-corrected chi connectivity index (χ0v) is 17.8. The van der Waals surface area contributed by atoms with Crippen molar-refractivity contribution in [2.45, 2.75) is 25.8 Å². The maximum absolute atomic E-state index is 11.4. The largest absolute Gasteiger partial charge is 0.494 e. The average Bonchev–Trinajstić information content (AvgIpc) is 2.66. The third kappa shape index (κ3) is 4.74. The third-order valence-electron chi connectivity index (χ3n) is 5.07. The van der Waals surface area contributed by atoms with Crippen LogP contribution in [0.4, 0.5) is 0 Å². The van der Waals surface area contributed by atoms with Gasteiger partial charge in [-0.3, -0.25) is 9.69 Å². The molecule has 7 heteroatoms. The molecule has 1 heterocycles. The molecule has 0 bridgehead atoms. The lowest BCUT2D eigenvalue weighted by Gasteiger charge is -2.38. The van der Waals surface area contributed by atoms with E-state index in [-0.39, 0.29) is 12.0 Å². The smallest absolute Gasteiger partial charge is 0.306 e. The Hall–Kier alpha value is -1.46. The fourth-order valence-corrected chi connectivity index (χ4v) is 4.40. The predicted molar refractivity (Wildman–Crippen MR) is 113 cm³/mol. The molecule has 150 valence electrons. The van der Waals surface area contributed by atoms with Gasteiger partial charge in [0, 0.05) is 20.6 Å². The minimum atomic E-state index is -0.738. The molecule has 1 atom stereocenters. The van der Waals surface area contributed by atoms with Gasteiger partial charge >= 0.3 is 5.97 Å². The van der Waals surface area contributed by atoms with Crippen LogP contribution in [-0.4, -0.2) is 35.7 Å². The van der Waals surface area contributed by atoms with E-state index in [0.717, 1.165) is 16.9 Å². The quantitative estimate of drug-likeness (QED) is 0.602. The molecule has 0 saturated carbocycles. The summed E-state index contributed by atoms with van der Waals surface area (Å²) < 4.78 is 5.86. The van der Waals surface area contributed by atoms with E-state index in [2.05, 4.69) is 4.90 Å². The number of carbonyl (C=O) groups is 1. The summed E-state index contributed by atoms with van der Waals surface area (Å²) in [6, 6.07) is 10.8. The first kappa shape index (κ1) is 21.3. The molecule has 3 rings (SSSR count). The fraction of sp³-hybridized carbons (Fsp3) is 0.381. The number of halogens is 3. The van der Waals surface area contributed by atoms with E-state index < -0.39 is 5.97 Å². The molecule has 1 aliphatic rings. The van der Waals surface area contributed by atoms with Crippen molar-refractivity contribution in [1.82, 2.24) is 4.90 Å². The van der Waals surface area contributed by atoms with Gasteiger partial charge in [-0.2, -0.15) is 0 Å². The van der Waals surface area contributed by atoms with Gasteiger partial charge in [0.05, 0.1) is 18.6 Å². The number of carboxylic acid groups (broad SMARTS) is 1. The van der Waals surface area contributed by atoms with E-state index in [1.165, 1.54) is 0 Å². The highest BCUT2D eigenvalue weighted by Gasteiger charge is 2.32. The summed E-state index contributed by atoms with van der Waals surface area (Å²) in [4.78, 5) is 13.6. The Morgan fingerprint density at radius 1 is 1.11 bits per heavy atom. The van der Waals surface area contributed by atoms with Crippen LogP contribution < -0.4 is 4.74 Å². The van der Waals surface area contributed by atoms with Crippen molar-refractivity contribution >= 4 is 40.8 Å². The molecule has 1 aliphatic heterocycles. The lowest BCUT2D eigenvalue weighted by molar-refractivity contribution is -0.143. The van der Waals surface area contributed by atoms with Gasteiger partial charge in [0.1, 0.15) is 5.75 Å². The van der Waals surface area contributed by atoms with Crippen LogP contribution in [0.1, 0.15) is 36.9 Å². The van der Waals surface area contributed by atoms with Crippen LogP contribution in [0.3, 0.4) is 0 Å². The summed E-state index contributed by atoms with van der Waals surface area (Å²) in [6.45, 7) is 3.73. The van der Waals surface area contributed by atoms with E-state index in [4.69, 9.17) is 39.5 Å². The predicted octanol–water partition coefficient (Wildman–Crippen LogP) is 5.93. The number of rotatable bonds is 6. The Balaban J connectivity index is 2.06. The number of nitrogens with zero attached hydrogens (tertiary/aromatic N) is 1. The molecule has 0 spiro atoms. The van der Waals surface area contributed by atoms with Gasteiger partial charge in [-0.05, 0) is 68.8 Å². The van der Waals surface area contributed by atoms with Crippen LogP contribution in [0.2, 0.25) is 15.1 Å². The number of aliphatic carboxylic acids is 1. The number of hydrogen-bond donors (Lipinski definition) is 1. The van der Waals surface area contributed by atoms with E-state index in [0.29, 0.717) is 47.6 Å². The second-order valence-electron chi connectivity index (χ2n) is 6.83. The minimum absolute atomic E-state index is 0.209. The highest BCUT2D eigenvalue weighted by atomic mass is 35.5. The van der Waals surface area contributed by atoms with Gasteiger partial charge in [0.2, 0.25) is 0 Å². The van der Waals surface area contributed by atoms with Gasteiger partial charge in [0.25, 0.3) is 0 Å². The Morgan fingerprint density at radius 3 is 2.36 bits per heavy atom. The monoisotopic (exact) mass is 441 g/mol. The molecular formula is C21H22Cl3NO3. The first-order chi connectivity index (χ1) is 13.4. The van der Waals surface area contributed by atoms with Crippen molar-refractivity contribution in [1.29, 1.82) is 0 Å². The van der Waals surface area contributed by atoms with Crippen LogP contribution in [-0.2, 0) is 4.79 Å². The van der Waals surface area contributed by atoms with Crippen molar-refractivity contribution in [2.24, 2.45) is 5.92 Å². The van der Waals surface area contributed by atoms with Crippen LogP contribution in [0.15, 0.2) is 36.4 Å². The van der Waals surface area contributed by atoms with Gasteiger partial charge in [-0.1, -0.05) is 40.9 Å². The van der Waals surface area contributed by atoms with Gasteiger partial charge in [-0.15, -0.1) is 0 Å². The van der Waals surface area contributed by atoms with Crippen LogP contribution in [0, 0.1) is 5.92 Å². The number of likely N-dealkylation sites (tertiary alicyclic amines) is 1. The van der Waals surface area contributed by atoms with Crippen LogP contribution in [0.5, 0.6) is 5.75 Å². The molecule has 0 radical (unpaired) electrons. The van der Waals surface area contributed by atoms with Gasteiger partial charge in [0.15, 0.2) is 0 Å². The van der Waals surface area contributed by atoms with E-state index in [9.17, 15) is 9.90 Å². The SMILES string of the molecule is CCOc1ccc(Cl)cc1C(c1ccc(Cl)cc1Cl)N1CCC(C(=O)O)CC1. The molecule has 1 unspecified atom stereocenters. The lowest BCUT2D eigenvalue weighted by Crippen LogP contribution is -2.39. The first-order valence-corrected chi connectivity index (χ1v) is 10.4. The molecule has 0 aromatic heterocycles. The second-order valence-corrected chi connectivity index (χ2v) is 8.11. The maximum atomic E-state index is 11.4. The number of benzene rings is 2. The third-order valence-corrected chi connectivity index (χ3v) is 5.86. The summed E-state index contributed by atoms with van der Waals surface area (Å²) in [5.74, 6) is -0.315. The molecule has 1 fully saturated rings. The summed E-state index contributed by atoms with van der Waals surface area (Å²) in [7, 11) is 0. The van der Waals surface area contributed by atoms with E-state index in [1.54, 1.807) is 12.1 Å². The van der Waals surface area contributed by atoms with Crippen molar-refractivity contribution in [3.8, 4) is 5.75 Å². The lowest BCUT2D eigenvalue weighted by atomic mass is 9.91. The van der Waals surface area contributed by atoms with E-state index in [1.807, 2.05) is 31.2 Å². The van der Waals surface area contributed by atoms with Crippen molar-refractivity contribution < 1.29 is 14.6 Å². The zero-order valence-electron chi connectivity index (χ0n) is 15.5. The van der Waals surface area contributed by atoms with E-state index >= 15 is 0 Å². The number of carboxylic acids is 1. The minimum Gasteiger partial charge on any atom is -0.494 e. The second kappa shape index (κ2) is 9.36. The molecule has 2 aromatic rings. The summed E-state index contributed by atoms with van der Waals surface area (Å²) in [6.07, 6.45) is 1.17. The summed E-state index contributed by atoms with van der Waals surface area (Å²) in [5, 5.41) is 11.1. The molecular weight excluding hydrogens is 421 g/mol. The highest BCUT2D eigenvalue weighted by Crippen LogP contribution is 2.41. The summed E-state index contributed by atoms with van der Waals surface area (Å²) >= 11 is 19.0. The molecule has 4 nitrogen and oxygen atoms in total. The molecule has 28 heavy (non-hydrogen) atoms.